The molecule has 0 bridgehead atoms. The molecule has 1 aliphatic rings. The van der Waals surface area contributed by atoms with Crippen molar-refractivity contribution in [2.75, 3.05) is 6.26 Å². The number of aryl methyl sites for hydroxylation is 1. The molecule has 21 heavy (non-hydrogen) atoms. The maximum atomic E-state index is 12.5. The van der Waals surface area contributed by atoms with Crippen LogP contribution in [-0.4, -0.2) is 35.6 Å². The molecule has 1 saturated carbocycles. The molecule has 1 fully saturated rings. The molecular formula is C14H18N4O2S. The molecule has 0 spiro atoms. The van der Waals surface area contributed by atoms with Gasteiger partial charge in [-0.25, -0.2) is 0 Å². The Morgan fingerprint density at radius 3 is 2.76 bits per heavy atom. The first-order valence-electron chi connectivity index (χ1n) is 6.92. The van der Waals surface area contributed by atoms with Gasteiger partial charge in [0.15, 0.2) is 5.78 Å². The van der Waals surface area contributed by atoms with E-state index in [-0.39, 0.29) is 12.3 Å². The van der Waals surface area contributed by atoms with E-state index >= 15 is 0 Å². The molecule has 0 radical (unpaired) electrons. The highest BCUT2D eigenvalue weighted by Crippen LogP contribution is 2.38. The van der Waals surface area contributed by atoms with E-state index in [1.54, 1.807) is 4.57 Å². The minimum Gasteiger partial charge on any atom is -0.345 e. The van der Waals surface area contributed by atoms with Crippen LogP contribution in [0.25, 0.3) is 0 Å². The fraction of sp³-hybridized carbons (Fsp3) is 0.500. The second kappa shape index (κ2) is 5.22. The third kappa shape index (κ3) is 2.57. The number of Topliss-reactive ketones (excluding diaryl/α,β-unsaturated/α-hetero) is 1. The van der Waals surface area contributed by atoms with Crippen molar-refractivity contribution >= 4 is 16.6 Å². The zero-order chi connectivity index (χ0) is 15.1. The number of hydrogen-bond donors (Lipinski definition) is 0. The normalized spacial score (nSPS) is 16.1. The summed E-state index contributed by atoms with van der Waals surface area (Å²) in [6, 6.07) is 2.50. The number of nitrogens with zero attached hydrogens (tertiary/aromatic N) is 4. The first-order valence-corrected chi connectivity index (χ1v) is 8.47. The lowest BCUT2D eigenvalue weighted by Gasteiger charge is -2.08. The first-order chi connectivity index (χ1) is 9.99. The third-order valence-electron chi connectivity index (χ3n) is 3.85. The molecule has 0 aliphatic heterocycles. The fourth-order valence-electron chi connectivity index (χ4n) is 2.77. The van der Waals surface area contributed by atoms with E-state index in [1.165, 1.54) is 25.4 Å². The van der Waals surface area contributed by atoms with Crippen LogP contribution in [0, 0.1) is 13.8 Å². The summed E-state index contributed by atoms with van der Waals surface area (Å²) in [6.45, 7) is 4.15. The van der Waals surface area contributed by atoms with Crippen LogP contribution >= 0.6 is 0 Å². The van der Waals surface area contributed by atoms with Gasteiger partial charge in [-0.15, -0.1) is 10.2 Å². The Morgan fingerprint density at radius 1 is 1.43 bits per heavy atom. The van der Waals surface area contributed by atoms with Gasteiger partial charge in [-0.2, -0.15) is 0 Å². The zero-order valence-corrected chi connectivity index (χ0v) is 13.2. The molecule has 1 atom stereocenters. The lowest BCUT2D eigenvalue weighted by molar-refractivity contribution is 0.0968. The molecule has 0 N–H and O–H groups in total. The molecule has 112 valence electrons. The average molecular weight is 306 g/mol. The molecule has 2 heterocycles. The van der Waals surface area contributed by atoms with Gasteiger partial charge in [0.05, 0.1) is 17.3 Å². The van der Waals surface area contributed by atoms with Gasteiger partial charge in [0, 0.05) is 29.2 Å². The highest BCUT2D eigenvalue weighted by Gasteiger charge is 2.28. The molecule has 6 nitrogen and oxygen atoms in total. The van der Waals surface area contributed by atoms with E-state index in [4.69, 9.17) is 0 Å². The van der Waals surface area contributed by atoms with Crippen molar-refractivity contribution in [1.29, 1.82) is 0 Å². The molecule has 2 aromatic heterocycles. The minimum absolute atomic E-state index is 0.00139. The highest BCUT2D eigenvalue weighted by atomic mass is 32.2. The van der Waals surface area contributed by atoms with Crippen LogP contribution in [0.4, 0.5) is 0 Å². The lowest BCUT2D eigenvalue weighted by Crippen LogP contribution is -2.14. The van der Waals surface area contributed by atoms with E-state index in [0.717, 1.165) is 17.0 Å². The number of rotatable bonds is 5. The van der Waals surface area contributed by atoms with Gasteiger partial charge in [0.1, 0.15) is 6.33 Å². The monoisotopic (exact) mass is 306 g/mol. The number of carbonyl (C=O) groups is 1. The summed E-state index contributed by atoms with van der Waals surface area (Å²) < 4.78 is 15.3. The van der Waals surface area contributed by atoms with Crippen LogP contribution < -0.4 is 0 Å². The summed E-state index contributed by atoms with van der Waals surface area (Å²) >= 11 is 0. The van der Waals surface area contributed by atoms with Crippen LogP contribution in [0.1, 0.15) is 40.6 Å². The zero-order valence-electron chi connectivity index (χ0n) is 12.4. The van der Waals surface area contributed by atoms with Crippen molar-refractivity contribution in [3.63, 3.8) is 0 Å². The van der Waals surface area contributed by atoms with Crippen molar-refractivity contribution in [2.45, 2.75) is 44.4 Å². The second-order valence-electron chi connectivity index (χ2n) is 5.50. The fourth-order valence-corrected chi connectivity index (χ4v) is 3.37. The minimum atomic E-state index is -1.25. The van der Waals surface area contributed by atoms with Gasteiger partial charge in [-0.1, -0.05) is 0 Å². The summed E-state index contributed by atoms with van der Waals surface area (Å²) in [4.78, 5) is 12.5. The number of aromatic nitrogens is 4. The number of ketones is 1. The van der Waals surface area contributed by atoms with Gasteiger partial charge in [-0.05, 0) is 32.8 Å². The Labute approximate surface area is 125 Å². The summed E-state index contributed by atoms with van der Waals surface area (Å²) in [7, 11) is -1.25. The predicted molar refractivity (Wildman–Crippen MR) is 78.9 cm³/mol. The molecule has 0 saturated heterocycles. The number of hydrogen-bond acceptors (Lipinski definition) is 4. The first kappa shape index (κ1) is 14.2. The maximum Gasteiger partial charge on any atom is 0.221 e. The summed E-state index contributed by atoms with van der Waals surface area (Å²) in [6.07, 6.45) is 5.36. The summed E-state index contributed by atoms with van der Waals surface area (Å²) in [5, 5.41) is 7.87. The van der Waals surface area contributed by atoms with Gasteiger partial charge < -0.3 is 4.57 Å². The molecule has 0 aromatic carbocycles. The standard InChI is InChI=1S/C14H18N4O2S/c1-9-6-12(10(2)18(9)11-4-5-11)13(19)7-17-8-15-16-14(17)21(3)20/h6,8,11H,4-5,7H2,1-3H3/t21-/m1/s1. The Morgan fingerprint density at radius 2 is 2.14 bits per heavy atom. The highest BCUT2D eigenvalue weighted by molar-refractivity contribution is 7.84. The van der Waals surface area contributed by atoms with Crippen molar-refractivity contribution < 1.29 is 9.00 Å². The molecule has 7 heteroatoms. The molecule has 0 amide bonds. The summed E-state index contributed by atoms with van der Waals surface area (Å²) in [5.41, 5.74) is 2.88. The predicted octanol–water partition coefficient (Wildman–Crippen LogP) is 1.65. The molecule has 0 unspecified atom stereocenters. The topological polar surface area (TPSA) is 69.8 Å². The maximum absolute atomic E-state index is 12.5. The van der Waals surface area contributed by atoms with Crippen LogP contribution in [0.2, 0.25) is 0 Å². The van der Waals surface area contributed by atoms with E-state index in [1.807, 2.05) is 19.9 Å². The quantitative estimate of drug-likeness (QED) is 0.788. The van der Waals surface area contributed by atoms with Crippen molar-refractivity contribution in [1.82, 2.24) is 19.3 Å². The lowest BCUT2D eigenvalue weighted by atomic mass is 10.1. The SMILES string of the molecule is Cc1cc(C(=O)Cn2cnnc2[S@@](C)=O)c(C)n1C1CC1. The van der Waals surface area contributed by atoms with Crippen molar-refractivity contribution in [3.8, 4) is 0 Å². The average Bonchev–Trinajstić information content (AvgIpc) is 3.05. The Balaban J connectivity index is 1.87. The van der Waals surface area contributed by atoms with Gasteiger partial charge >= 0.3 is 0 Å². The van der Waals surface area contributed by atoms with Crippen LogP contribution in [-0.2, 0) is 17.3 Å². The van der Waals surface area contributed by atoms with E-state index in [9.17, 15) is 9.00 Å². The van der Waals surface area contributed by atoms with E-state index in [2.05, 4.69) is 14.8 Å². The van der Waals surface area contributed by atoms with Gasteiger partial charge in [0.25, 0.3) is 0 Å². The van der Waals surface area contributed by atoms with Gasteiger partial charge in [-0.3, -0.25) is 13.6 Å². The molecule has 2 aromatic rings. The van der Waals surface area contributed by atoms with Crippen LogP contribution in [0.15, 0.2) is 17.6 Å². The van der Waals surface area contributed by atoms with Crippen LogP contribution in [0.5, 0.6) is 0 Å². The van der Waals surface area contributed by atoms with Crippen molar-refractivity contribution in [3.05, 3.63) is 29.3 Å². The molecule has 3 rings (SSSR count). The largest absolute Gasteiger partial charge is 0.345 e. The van der Waals surface area contributed by atoms with E-state index < -0.39 is 10.8 Å². The Kier molecular flexibility index (Phi) is 3.52. The summed E-state index contributed by atoms with van der Waals surface area (Å²) in [5.74, 6) is 0.00139. The Bertz CT molecular complexity index is 727. The second-order valence-corrected chi connectivity index (χ2v) is 6.78. The smallest absolute Gasteiger partial charge is 0.221 e. The third-order valence-corrected chi connectivity index (χ3v) is 4.68. The van der Waals surface area contributed by atoms with Crippen LogP contribution in [0.3, 0.4) is 0 Å². The molecule has 1 aliphatic carbocycles. The number of carbonyl (C=O) groups excluding carboxylic acids is 1. The van der Waals surface area contributed by atoms with Gasteiger partial charge in [0.2, 0.25) is 5.16 Å². The van der Waals surface area contributed by atoms with Crippen molar-refractivity contribution in [2.24, 2.45) is 0 Å². The Hall–Kier alpha value is -1.76. The molecular weight excluding hydrogens is 288 g/mol. The van der Waals surface area contributed by atoms with E-state index in [0.29, 0.717) is 11.2 Å².